The minimum absolute atomic E-state index is 0.0195. The first-order valence-electron chi connectivity index (χ1n) is 10.8. The van der Waals surface area contributed by atoms with Crippen molar-refractivity contribution in [2.24, 2.45) is 0 Å². The van der Waals surface area contributed by atoms with Gasteiger partial charge in [-0.25, -0.2) is 0 Å². The number of halogens is 1. The molecule has 0 atom stereocenters. The highest BCUT2D eigenvalue weighted by atomic mass is 35.5. The third-order valence-corrected chi connectivity index (χ3v) is 5.01. The van der Waals surface area contributed by atoms with Crippen molar-refractivity contribution >= 4 is 17.5 Å². The molecule has 0 saturated heterocycles. The molecule has 7 nitrogen and oxygen atoms in total. The van der Waals surface area contributed by atoms with Crippen molar-refractivity contribution in [2.45, 2.75) is 39.7 Å². The van der Waals surface area contributed by atoms with Gasteiger partial charge in [-0.3, -0.25) is 4.79 Å². The van der Waals surface area contributed by atoms with Crippen LogP contribution in [0.3, 0.4) is 0 Å². The van der Waals surface area contributed by atoms with Crippen LogP contribution in [0, 0.1) is 0 Å². The number of carbonyl (C=O) groups is 1. The van der Waals surface area contributed by atoms with E-state index in [4.69, 9.17) is 25.5 Å². The molecule has 0 fully saturated rings. The van der Waals surface area contributed by atoms with E-state index in [9.17, 15) is 4.79 Å². The minimum atomic E-state index is 0.0195. The molecular formula is C24H28ClN3O4. The predicted octanol–water partition coefficient (Wildman–Crippen LogP) is 5.39. The first-order chi connectivity index (χ1) is 15.6. The lowest BCUT2D eigenvalue weighted by atomic mass is 10.2. The van der Waals surface area contributed by atoms with Crippen LogP contribution < -0.4 is 9.47 Å². The number of hydrogen-bond donors (Lipinski definition) is 0. The summed E-state index contributed by atoms with van der Waals surface area (Å²) in [5.41, 5.74) is 0.672. The molecule has 32 heavy (non-hydrogen) atoms. The molecule has 0 aliphatic carbocycles. The molecule has 2 aromatic carbocycles. The summed E-state index contributed by atoms with van der Waals surface area (Å²) in [6.45, 7) is 5.82. The highest BCUT2D eigenvalue weighted by Crippen LogP contribution is 2.27. The van der Waals surface area contributed by atoms with E-state index in [1.807, 2.05) is 56.3 Å². The Bertz CT molecular complexity index is 1010. The maximum atomic E-state index is 12.8. The van der Waals surface area contributed by atoms with Gasteiger partial charge in [-0.2, -0.15) is 0 Å². The summed E-state index contributed by atoms with van der Waals surface area (Å²) in [5.74, 6) is 2.13. The average Bonchev–Trinajstić information content (AvgIpc) is 3.26. The Hall–Kier alpha value is -3.06. The number of hydrogen-bond acceptors (Lipinski definition) is 6. The van der Waals surface area contributed by atoms with Crippen LogP contribution in [0.25, 0.3) is 11.5 Å². The number of amides is 1. The molecule has 0 aliphatic rings. The summed E-state index contributed by atoms with van der Waals surface area (Å²) in [6.07, 6.45) is 1.78. The third-order valence-electron chi connectivity index (χ3n) is 4.69. The highest BCUT2D eigenvalue weighted by molar-refractivity contribution is 6.33. The van der Waals surface area contributed by atoms with Gasteiger partial charge in [0.1, 0.15) is 0 Å². The van der Waals surface area contributed by atoms with Gasteiger partial charge in [-0.15, -0.1) is 10.2 Å². The van der Waals surface area contributed by atoms with Gasteiger partial charge in [-0.05, 0) is 44.0 Å². The van der Waals surface area contributed by atoms with Crippen LogP contribution in [0.15, 0.2) is 52.9 Å². The molecule has 1 amide bonds. The van der Waals surface area contributed by atoms with E-state index in [-0.39, 0.29) is 12.5 Å². The van der Waals surface area contributed by atoms with Crippen LogP contribution in [0.5, 0.6) is 11.5 Å². The van der Waals surface area contributed by atoms with Gasteiger partial charge in [0.05, 0.1) is 30.3 Å². The zero-order chi connectivity index (χ0) is 22.8. The first kappa shape index (κ1) is 23.6. The van der Waals surface area contributed by atoms with Crippen molar-refractivity contribution in [1.82, 2.24) is 15.1 Å². The topological polar surface area (TPSA) is 77.7 Å². The lowest BCUT2D eigenvalue weighted by Gasteiger charge is -2.20. The van der Waals surface area contributed by atoms with Gasteiger partial charge in [0.15, 0.2) is 11.5 Å². The second-order valence-corrected chi connectivity index (χ2v) is 7.54. The third kappa shape index (κ3) is 6.47. The zero-order valence-corrected chi connectivity index (χ0v) is 19.2. The number of nitrogens with zero attached hydrogens (tertiary/aromatic N) is 3. The van der Waals surface area contributed by atoms with Crippen LogP contribution in [-0.4, -0.2) is 40.8 Å². The molecule has 0 aliphatic heterocycles. The van der Waals surface area contributed by atoms with Crippen molar-refractivity contribution < 1.29 is 18.7 Å². The Kier molecular flexibility index (Phi) is 8.92. The summed E-state index contributed by atoms with van der Waals surface area (Å²) in [4.78, 5) is 14.5. The first-order valence-corrected chi connectivity index (χ1v) is 11.2. The molecule has 0 bridgehead atoms. The monoisotopic (exact) mass is 457 g/mol. The molecule has 1 heterocycles. The van der Waals surface area contributed by atoms with E-state index in [2.05, 4.69) is 10.2 Å². The van der Waals surface area contributed by atoms with Gasteiger partial charge in [-0.1, -0.05) is 42.8 Å². The van der Waals surface area contributed by atoms with E-state index in [1.165, 1.54) is 0 Å². The lowest BCUT2D eigenvalue weighted by molar-refractivity contribution is -0.132. The van der Waals surface area contributed by atoms with Crippen molar-refractivity contribution in [3.05, 3.63) is 59.4 Å². The molecule has 0 saturated carbocycles. The average molecular weight is 458 g/mol. The van der Waals surface area contributed by atoms with E-state index >= 15 is 0 Å². The van der Waals surface area contributed by atoms with Crippen LogP contribution in [0.4, 0.5) is 0 Å². The molecule has 0 spiro atoms. The minimum Gasteiger partial charge on any atom is -0.490 e. The molecule has 3 rings (SSSR count). The molecule has 0 N–H and O–H groups in total. The van der Waals surface area contributed by atoms with Crippen LogP contribution in [0.1, 0.15) is 39.0 Å². The SMILES string of the molecule is CCCN(Cc1nnc(-c2ccccc2Cl)o1)C(=O)CCCOc1ccccc1OCC. The standard InChI is InChI=1S/C24H28ClN3O4/c1-3-15-28(17-22-26-27-24(32-22)18-10-5-6-11-19(18)25)23(29)14-9-16-31-21-13-8-7-12-20(21)30-4-2/h5-8,10-13H,3-4,9,14-17H2,1-2H3. The van der Waals surface area contributed by atoms with E-state index in [0.717, 1.165) is 6.42 Å². The molecule has 1 aromatic heterocycles. The number of para-hydroxylation sites is 2. The second kappa shape index (κ2) is 12.1. The fourth-order valence-corrected chi connectivity index (χ4v) is 3.41. The Balaban J connectivity index is 1.53. The molecular weight excluding hydrogens is 430 g/mol. The van der Waals surface area contributed by atoms with Gasteiger partial charge < -0.3 is 18.8 Å². The van der Waals surface area contributed by atoms with Crippen molar-refractivity contribution in [1.29, 1.82) is 0 Å². The Morgan fingerprint density at radius 1 is 1.03 bits per heavy atom. The van der Waals surface area contributed by atoms with E-state index < -0.39 is 0 Å². The maximum Gasteiger partial charge on any atom is 0.249 e. The number of rotatable bonds is 12. The van der Waals surface area contributed by atoms with Crippen LogP contribution >= 0.6 is 11.6 Å². The number of carbonyl (C=O) groups excluding carboxylic acids is 1. The lowest BCUT2D eigenvalue weighted by Crippen LogP contribution is -2.31. The van der Waals surface area contributed by atoms with E-state index in [0.29, 0.717) is 66.5 Å². The Labute approximate surface area is 193 Å². The normalized spacial score (nSPS) is 10.7. The molecule has 8 heteroatoms. The number of ether oxygens (including phenoxy) is 2. The molecule has 0 unspecified atom stereocenters. The van der Waals surface area contributed by atoms with Gasteiger partial charge >= 0.3 is 0 Å². The summed E-state index contributed by atoms with van der Waals surface area (Å²) in [5, 5.41) is 8.71. The summed E-state index contributed by atoms with van der Waals surface area (Å²) < 4.78 is 17.1. The quantitative estimate of drug-likeness (QED) is 0.339. The fourth-order valence-electron chi connectivity index (χ4n) is 3.19. The van der Waals surface area contributed by atoms with Crippen molar-refractivity contribution in [3.63, 3.8) is 0 Å². The second-order valence-electron chi connectivity index (χ2n) is 7.13. The maximum absolute atomic E-state index is 12.8. The molecule has 0 radical (unpaired) electrons. The van der Waals surface area contributed by atoms with Gasteiger partial charge in [0, 0.05) is 13.0 Å². The number of benzene rings is 2. The van der Waals surface area contributed by atoms with Gasteiger partial charge in [0.25, 0.3) is 0 Å². The Morgan fingerprint density at radius 2 is 1.75 bits per heavy atom. The fraction of sp³-hybridized carbons (Fsp3) is 0.375. The van der Waals surface area contributed by atoms with Crippen LogP contribution in [0.2, 0.25) is 5.02 Å². The summed E-state index contributed by atoms with van der Waals surface area (Å²) in [6, 6.07) is 14.8. The highest BCUT2D eigenvalue weighted by Gasteiger charge is 2.18. The van der Waals surface area contributed by atoms with Crippen LogP contribution in [-0.2, 0) is 11.3 Å². The van der Waals surface area contributed by atoms with E-state index in [1.54, 1.807) is 11.0 Å². The Morgan fingerprint density at radius 3 is 2.47 bits per heavy atom. The summed E-state index contributed by atoms with van der Waals surface area (Å²) in [7, 11) is 0. The largest absolute Gasteiger partial charge is 0.490 e. The zero-order valence-electron chi connectivity index (χ0n) is 18.4. The molecule has 170 valence electrons. The van der Waals surface area contributed by atoms with Gasteiger partial charge in [0.2, 0.25) is 17.7 Å². The molecule has 3 aromatic rings. The summed E-state index contributed by atoms with van der Waals surface area (Å²) >= 11 is 6.20. The van der Waals surface area contributed by atoms with Crippen molar-refractivity contribution in [3.8, 4) is 23.0 Å². The predicted molar refractivity (Wildman–Crippen MR) is 123 cm³/mol. The smallest absolute Gasteiger partial charge is 0.249 e. The number of aromatic nitrogens is 2. The van der Waals surface area contributed by atoms with Crippen molar-refractivity contribution in [2.75, 3.05) is 19.8 Å².